The maximum absolute atomic E-state index is 14.0. The number of hydrogen-bond donors (Lipinski definition) is 1. The van der Waals surface area contributed by atoms with Crippen molar-refractivity contribution in [3.63, 3.8) is 0 Å². The third kappa shape index (κ3) is 2.35. The lowest BCUT2D eigenvalue weighted by atomic mass is 9.90. The summed E-state index contributed by atoms with van der Waals surface area (Å²) in [5.41, 5.74) is 1.87. The van der Waals surface area contributed by atoms with Crippen LogP contribution in [0.3, 0.4) is 0 Å². The Kier molecular flexibility index (Phi) is 3.35. The third-order valence-electron chi connectivity index (χ3n) is 3.13. The fraction of sp³-hybridized carbons (Fsp3) is 0.400. The highest BCUT2D eigenvalue weighted by Crippen LogP contribution is 2.35. The molecule has 0 fully saturated rings. The van der Waals surface area contributed by atoms with Gasteiger partial charge in [0.05, 0.1) is 12.5 Å². The summed E-state index contributed by atoms with van der Waals surface area (Å²) in [6.45, 7) is 6.16. The molecule has 2 aromatic rings. The minimum absolute atomic E-state index is 0.144. The molecule has 19 heavy (non-hydrogen) atoms. The van der Waals surface area contributed by atoms with Crippen molar-refractivity contribution in [2.75, 3.05) is 19.5 Å². The molecule has 0 bridgehead atoms. The quantitative estimate of drug-likeness (QED) is 0.895. The number of nitrogens with zero attached hydrogens (tertiary/aromatic N) is 1. The summed E-state index contributed by atoms with van der Waals surface area (Å²) in [5.74, 6) is 0.284. The number of fused-ring (bicyclic) bond motifs is 1. The molecule has 2 rings (SSSR count). The fourth-order valence-corrected chi connectivity index (χ4v) is 2.03. The highest BCUT2D eigenvalue weighted by molar-refractivity contribution is 5.97. The van der Waals surface area contributed by atoms with Gasteiger partial charge in [0.25, 0.3) is 0 Å². The molecule has 0 aliphatic carbocycles. The number of rotatable bonds is 2. The maximum Gasteiger partial charge on any atom is 0.149 e. The molecule has 0 aliphatic heterocycles. The summed E-state index contributed by atoms with van der Waals surface area (Å²) >= 11 is 0. The van der Waals surface area contributed by atoms with Crippen molar-refractivity contribution in [1.82, 2.24) is 4.98 Å². The molecule has 0 saturated carbocycles. The Hall–Kier alpha value is -1.84. The number of aromatic nitrogens is 1. The molecule has 0 unspecified atom stereocenters. The van der Waals surface area contributed by atoms with Crippen LogP contribution in [0.25, 0.3) is 10.9 Å². The first-order chi connectivity index (χ1) is 8.88. The summed E-state index contributed by atoms with van der Waals surface area (Å²) in [6.07, 6.45) is 0. The molecule has 0 aliphatic rings. The van der Waals surface area contributed by atoms with Gasteiger partial charge in [0.15, 0.2) is 0 Å². The molecule has 1 N–H and O–H groups in total. The molecule has 3 nitrogen and oxygen atoms in total. The molecule has 0 atom stereocenters. The monoisotopic (exact) mass is 262 g/mol. The van der Waals surface area contributed by atoms with Gasteiger partial charge < -0.3 is 10.1 Å². The Morgan fingerprint density at radius 3 is 2.47 bits per heavy atom. The van der Waals surface area contributed by atoms with Gasteiger partial charge in [-0.15, -0.1) is 0 Å². The topological polar surface area (TPSA) is 34.2 Å². The fourth-order valence-electron chi connectivity index (χ4n) is 2.03. The first kappa shape index (κ1) is 13.6. The van der Waals surface area contributed by atoms with Crippen molar-refractivity contribution in [3.05, 3.63) is 29.7 Å². The van der Waals surface area contributed by atoms with Crippen LogP contribution in [-0.2, 0) is 5.41 Å². The Morgan fingerprint density at radius 2 is 1.95 bits per heavy atom. The number of anilines is 1. The molecular weight excluding hydrogens is 243 g/mol. The normalized spacial score (nSPS) is 11.7. The maximum atomic E-state index is 14.0. The van der Waals surface area contributed by atoms with Gasteiger partial charge in [-0.1, -0.05) is 20.8 Å². The van der Waals surface area contributed by atoms with Crippen LogP contribution in [0.1, 0.15) is 26.5 Å². The molecule has 1 aromatic carbocycles. The van der Waals surface area contributed by atoms with Crippen molar-refractivity contribution < 1.29 is 9.13 Å². The van der Waals surface area contributed by atoms with Gasteiger partial charge in [0.2, 0.25) is 0 Å². The number of hydrogen-bond acceptors (Lipinski definition) is 3. The molecular formula is C15H19FN2O. The minimum atomic E-state index is -0.335. The third-order valence-corrected chi connectivity index (χ3v) is 3.13. The lowest BCUT2D eigenvalue weighted by molar-refractivity contribution is 0.419. The zero-order valence-corrected chi connectivity index (χ0v) is 12.0. The molecule has 1 aromatic heterocycles. The first-order valence-electron chi connectivity index (χ1n) is 6.24. The van der Waals surface area contributed by atoms with E-state index in [1.54, 1.807) is 13.2 Å². The van der Waals surface area contributed by atoms with E-state index >= 15 is 0 Å². The zero-order valence-electron chi connectivity index (χ0n) is 12.0. The van der Waals surface area contributed by atoms with Gasteiger partial charge in [-0.2, -0.15) is 0 Å². The van der Waals surface area contributed by atoms with Crippen LogP contribution < -0.4 is 10.1 Å². The lowest BCUT2D eigenvalue weighted by Crippen LogP contribution is -2.14. The van der Waals surface area contributed by atoms with E-state index in [0.29, 0.717) is 16.7 Å². The van der Waals surface area contributed by atoms with Crippen LogP contribution in [-0.4, -0.2) is 19.1 Å². The number of halogens is 1. The van der Waals surface area contributed by atoms with Crippen LogP contribution in [0.2, 0.25) is 0 Å². The van der Waals surface area contributed by atoms with Crippen LogP contribution >= 0.6 is 0 Å². The van der Waals surface area contributed by atoms with Gasteiger partial charge in [0.1, 0.15) is 17.1 Å². The van der Waals surface area contributed by atoms with Gasteiger partial charge in [-0.05, 0) is 18.2 Å². The van der Waals surface area contributed by atoms with Crippen molar-refractivity contribution in [2.24, 2.45) is 0 Å². The second kappa shape index (κ2) is 4.68. The second-order valence-corrected chi connectivity index (χ2v) is 5.53. The molecule has 4 heteroatoms. The van der Waals surface area contributed by atoms with E-state index in [1.165, 1.54) is 6.07 Å². The van der Waals surface area contributed by atoms with E-state index in [9.17, 15) is 4.39 Å². The average Bonchev–Trinajstić information content (AvgIpc) is 2.37. The highest BCUT2D eigenvalue weighted by atomic mass is 19.1. The van der Waals surface area contributed by atoms with Gasteiger partial charge in [0, 0.05) is 23.8 Å². The lowest BCUT2D eigenvalue weighted by Gasteiger charge is -2.20. The molecule has 102 valence electrons. The Bertz CT molecular complexity index is 618. The van der Waals surface area contributed by atoms with Gasteiger partial charge >= 0.3 is 0 Å². The summed E-state index contributed by atoms with van der Waals surface area (Å²) in [4.78, 5) is 4.47. The van der Waals surface area contributed by atoms with Crippen LogP contribution in [0.15, 0.2) is 18.2 Å². The largest absolute Gasteiger partial charge is 0.496 e. The molecule has 0 saturated heterocycles. The summed E-state index contributed by atoms with van der Waals surface area (Å²) in [5, 5.41) is 3.78. The van der Waals surface area contributed by atoms with E-state index in [0.717, 1.165) is 11.4 Å². The predicted octanol–water partition coefficient (Wildman–Crippen LogP) is 3.72. The number of nitrogens with one attached hydrogen (secondary N) is 1. The average molecular weight is 262 g/mol. The molecule has 0 amide bonds. The summed E-state index contributed by atoms with van der Waals surface area (Å²) in [7, 11) is 3.38. The van der Waals surface area contributed by atoms with Crippen molar-refractivity contribution in [1.29, 1.82) is 0 Å². The first-order valence-corrected chi connectivity index (χ1v) is 6.24. The molecule has 0 radical (unpaired) electrons. The summed E-state index contributed by atoms with van der Waals surface area (Å²) < 4.78 is 19.3. The van der Waals surface area contributed by atoms with Gasteiger partial charge in [-0.3, -0.25) is 0 Å². The van der Waals surface area contributed by atoms with E-state index in [2.05, 4.69) is 31.1 Å². The zero-order chi connectivity index (χ0) is 14.2. The molecule has 0 spiro atoms. The Morgan fingerprint density at radius 1 is 1.26 bits per heavy atom. The highest BCUT2D eigenvalue weighted by Gasteiger charge is 2.20. The van der Waals surface area contributed by atoms with Gasteiger partial charge in [-0.25, -0.2) is 9.37 Å². The summed E-state index contributed by atoms with van der Waals surface area (Å²) in [6, 6.07) is 4.96. The second-order valence-electron chi connectivity index (χ2n) is 5.53. The van der Waals surface area contributed by atoms with Crippen molar-refractivity contribution in [3.8, 4) is 5.75 Å². The van der Waals surface area contributed by atoms with Crippen molar-refractivity contribution in [2.45, 2.75) is 26.2 Å². The van der Waals surface area contributed by atoms with Crippen LogP contribution in [0.4, 0.5) is 10.1 Å². The predicted molar refractivity (Wildman–Crippen MR) is 76.5 cm³/mol. The van der Waals surface area contributed by atoms with E-state index in [4.69, 9.17) is 4.74 Å². The number of benzene rings is 1. The van der Waals surface area contributed by atoms with Crippen LogP contribution in [0.5, 0.6) is 5.75 Å². The SMILES string of the molecule is CNc1cc(C(C)(C)C)nc2c(F)ccc(OC)c12. The van der Waals surface area contributed by atoms with E-state index in [1.807, 2.05) is 13.1 Å². The van der Waals surface area contributed by atoms with Crippen molar-refractivity contribution >= 4 is 16.6 Å². The smallest absolute Gasteiger partial charge is 0.149 e. The van der Waals surface area contributed by atoms with E-state index < -0.39 is 0 Å². The van der Waals surface area contributed by atoms with E-state index in [-0.39, 0.29) is 11.2 Å². The Labute approximate surface area is 112 Å². The molecule has 1 heterocycles. The number of ether oxygens (including phenoxy) is 1. The van der Waals surface area contributed by atoms with Crippen LogP contribution in [0, 0.1) is 5.82 Å². The standard InChI is InChI=1S/C15H19FN2O/c1-15(2,3)12-8-10(17-4)13-11(19-5)7-6-9(16)14(13)18-12/h6-8H,1-5H3,(H,17,18). The number of methoxy groups -OCH3 is 1. The number of pyridine rings is 1. The minimum Gasteiger partial charge on any atom is -0.496 e. The Balaban J connectivity index is 2.88.